The van der Waals surface area contributed by atoms with E-state index < -0.39 is 0 Å². The third-order valence-electron chi connectivity index (χ3n) is 6.87. The van der Waals surface area contributed by atoms with Crippen LogP contribution in [0.3, 0.4) is 0 Å². The van der Waals surface area contributed by atoms with E-state index in [0.717, 1.165) is 64.8 Å². The molecule has 5 heteroatoms. The first-order valence-corrected chi connectivity index (χ1v) is 12.0. The number of hydrogen-bond acceptors (Lipinski definition) is 3. The van der Waals surface area contributed by atoms with Gasteiger partial charge in [-0.1, -0.05) is 60.7 Å². The molecule has 0 aromatic heterocycles. The van der Waals surface area contributed by atoms with Gasteiger partial charge in [-0.15, -0.1) is 0 Å². The standard InChI is InChI=1S/C27H36N2O3/c30-26(28-16-11-23-7-3-1-4-8-23)29-17-14-27(15-18-29)21-24(13-20-32-27)12-19-31-22-25-9-5-2-6-10-25/h1-10,24H,11-22H2,(H,28,30)/t24-/m0/s1. The summed E-state index contributed by atoms with van der Waals surface area (Å²) in [7, 11) is 0. The number of benzene rings is 2. The van der Waals surface area contributed by atoms with E-state index in [1.807, 2.05) is 29.2 Å². The van der Waals surface area contributed by atoms with E-state index in [-0.39, 0.29) is 11.6 Å². The van der Waals surface area contributed by atoms with E-state index in [1.165, 1.54) is 11.1 Å². The van der Waals surface area contributed by atoms with E-state index in [0.29, 0.717) is 19.1 Å². The largest absolute Gasteiger partial charge is 0.377 e. The summed E-state index contributed by atoms with van der Waals surface area (Å²) in [4.78, 5) is 14.5. The highest BCUT2D eigenvalue weighted by Gasteiger charge is 2.40. The summed E-state index contributed by atoms with van der Waals surface area (Å²) < 4.78 is 12.2. The molecule has 172 valence electrons. The summed E-state index contributed by atoms with van der Waals surface area (Å²) in [5, 5.41) is 3.08. The zero-order chi connectivity index (χ0) is 22.1. The van der Waals surface area contributed by atoms with Crippen LogP contribution in [0.15, 0.2) is 60.7 Å². The maximum absolute atomic E-state index is 12.6. The van der Waals surface area contributed by atoms with Gasteiger partial charge in [-0.2, -0.15) is 0 Å². The number of rotatable bonds is 8. The molecule has 2 aliphatic rings. The Bertz CT molecular complexity index is 819. The molecule has 2 amide bonds. The Labute approximate surface area is 192 Å². The van der Waals surface area contributed by atoms with Crippen LogP contribution in [0, 0.1) is 5.92 Å². The van der Waals surface area contributed by atoms with Crippen LogP contribution in [0.5, 0.6) is 0 Å². The quantitative estimate of drug-likeness (QED) is 0.605. The summed E-state index contributed by atoms with van der Waals surface area (Å²) in [6.07, 6.45) is 6.01. The van der Waals surface area contributed by atoms with Gasteiger partial charge < -0.3 is 19.7 Å². The molecule has 0 aliphatic carbocycles. The van der Waals surface area contributed by atoms with Crippen LogP contribution in [-0.4, -0.2) is 49.4 Å². The predicted octanol–water partition coefficient (Wildman–Crippen LogP) is 4.81. The Hall–Kier alpha value is -2.37. The monoisotopic (exact) mass is 436 g/mol. The molecule has 2 heterocycles. The molecule has 0 unspecified atom stereocenters. The zero-order valence-electron chi connectivity index (χ0n) is 19.0. The fourth-order valence-electron chi connectivity index (χ4n) is 4.93. The van der Waals surface area contributed by atoms with E-state index in [4.69, 9.17) is 9.47 Å². The average molecular weight is 437 g/mol. The van der Waals surface area contributed by atoms with Gasteiger partial charge in [0.25, 0.3) is 0 Å². The Kier molecular flexibility index (Phi) is 8.18. The van der Waals surface area contributed by atoms with Gasteiger partial charge >= 0.3 is 6.03 Å². The summed E-state index contributed by atoms with van der Waals surface area (Å²) in [5.74, 6) is 0.644. The maximum Gasteiger partial charge on any atom is 0.317 e. The first-order valence-electron chi connectivity index (χ1n) is 12.0. The number of likely N-dealkylation sites (tertiary alicyclic amines) is 1. The highest BCUT2D eigenvalue weighted by atomic mass is 16.5. The van der Waals surface area contributed by atoms with Crippen molar-refractivity contribution in [3.8, 4) is 0 Å². The lowest BCUT2D eigenvalue weighted by Crippen LogP contribution is -2.53. The van der Waals surface area contributed by atoms with Gasteiger partial charge in [0.15, 0.2) is 0 Å². The molecular weight excluding hydrogens is 400 g/mol. The van der Waals surface area contributed by atoms with Crippen LogP contribution in [0.4, 0.5) is 4.79 Å². The van der Waals surface area contributed by atoms with E-state index in [9.17, 15) is 4.79 Å². The first kappa shape index (κ1) is 22.8. The van der Waals surface area contributed by atoms with Crippen molar-refractivity contribution in [1.82, 2.24) is 10.2 Å². The van der Waals surface area contributed by atoms with Crippen molar-refractivity contribution >= 4 is 6.03 Å². The average Bonchev–Trinajstić information content (AvgIpc) is 2.84. The van der Waals surface area contributed by atoms with Crippen molar-refractivity contribution in [2.24, 2.45) is 5.92 Å². The number of piperidine rings is 1. The van der Waals surface area contributed by atoms with Crippen molar-refractivity contribution in [3.05, 3.63) is 71.8 Å². The fourth-order valence-corrected chi connectivity index (χ4v) is 4.93. The summed E-state index contributed by atoms with van der Waals surface area (Å²) in [6.45, 7) is 4.52. The second kappa shape index (κ2) is 11.5. The predicted molar refractivity (Wildman–Crippen MR) is 126 cm³/mol. The molecule has 1 spiro atoms. The third kappa shape index (κ3) is 6.57. The topological polar surface area (TPSA) is 50.8 Å². The second-order valence-electron chi connectivity index (χ2n) is 9.17. The summed E-state index contributed by atoms with van der Waals surface area (Å²) >= 11 is 0. The van der Waals surface area contributed by atoms with Gasteiger partial charge in [0.2, 0.25) is 0 Å². The number of urea groups is 1. The number of hydrogen-bond donors (Lipinski definition) is 1. The number of carbonyl (C=O) groups excluding carboxylic acids is 1. The first-order chi connectivity index (χ1) is 15.7. The third-order valence-corrected chi connectivity index (χ3v) is 6.87. The fraction of sp³-hybridized carbons (Fsp3) is 0.519. The number of nitrogens with one attached hydrogen (secondary N) is 1. The van der Waals surface area contributed by atoms with Crippen LogP contribution in [0.25, 0.3) is 0 Å². The minimum atomic E-state index is -0.0524. The Morgan fingerprint density at radius 2 is 1.72 bits per heavy atom. The van der Waals surface area contributed by atoms with Crippen molar-refractivity contribution in [2.75, 3.05) is 32.8 Å². The minimum Gasteiger partial charge on any atom is -0.377 e. The van der Waals surface area contributed by atoms with Gasteiger partial charge in [0.1, 0.15) is 0 Å². The molecule has 5 nitrogen and oxygen atoms in total. The van der Waals surface area contributed by atoms with Crippen molar-refractivity contribution in [3.63, 3.8) is 0 Å². The summed E-state index contributed by atoms with van der Waals surface area (Å²) in [6, 6.07) is 20.7. The van der Waals surface area contributed by atoms with Gasteiger partial charge in [0, 0.05) is 32.8 Å². The maximum atomic E-state index is 12.6. The molecule has 4 rings (SSSR count). The molecule has 2 saturated heterocycles. The van der Waals surface area contributed by atoms with Crippen molar-refractivity contribution in [2.45, 2.75) is 50.7 Å². The normalized spacial score (nSPS) is 20.2. The van der Waals surface area contributed by atoms with Crippen LogP contribution in [0.2, 0.25) is 0 Å². The molecule has 2 aliphatic heterocycles. The molecule has 1 atom stereocenters. The Morgan fingerprint density at radius 3 is 2.44 bits per heavy atom. The molecule has 2 aromatic rings. The molecule has 0 radical (unpaired) electrons. The molecule has 2 fully saturated rings. The van der Waals surface area contributed by atoms with Crippen LogP contribution >= 0.6 is 0 Å². The highest BCUT2D eigenvalue weighted by molar-refractivity contribution is 5.74. The van der Waals surface area contributed by atoms with Gasteiger partial charge in [-0.3, -0.25) is 0 Å². The lowest BCUT2D eigenvalue weighted by atomic mass is 9.78. The van der Waals surface area contributed by atoms with Gasteiger partial charge in [0.05, 0.1) is 12.2 Å². The van der Waals surface area contributed by atoms with E-state index in [1.54, 1.807) is 0 Å². The second-order valence-corrected chi connectivity index (χ2v) is 9.17. The molecule has 0 saturated carbocycles. The van der Waals surface area contributed by atoms with Gasteiger partial charge in [-0.25, -0.2) is 4.79 Å². The number of amides is 2. The lowest BCUT2D eigenvalue weighted by molar-refractivity contribution is -0.125. The Morgan fingerprint density at radius 1 is 1.03 bits per heavy atom. The van der Waals surface area contributed by atoms with Crippen molar-refractivity contribution < 1.29 is 14.3 Å². The molecular formula is C27H36N2O3. The van der Waals surface area contributed by atoms with E-state index in [2.05, 4.69) is 41.7 Å². The lowest BCUT2D eigenvalue weighted by Gasteiger charge is -2.46. The SMILES string of the molecule is O=C(NCCc1ccccc1)N1CCC2(CC1)C[C@@H](CCOCc1ccccc1)CCO2. The zero-order valence-corrected chi connectivity index (χ0v) is 19.0. The van der Waals surface area contributed by atoms with Gasteiger partial charge in [-0.05, 0) is 55.6 Å². The number of carbonyl (C=O) groups is 1. The number of ether oxygens (including phenoxy) is 2. The number of nitrogens with zero attached hydrogens (tertiary/aromatic N) is 1. The van der Waals surface area contributed by atoms with E-state index >= 15 is 0 Å². The molecule has 0 bridgehead atoms. The minimum absolute atomic E-state index is 0.0524. The Balaban J connectivity index is 1.15. The molecule has 32 heavy (non-hydrogen) atoms. The van der Waals surface area contributed by atoms with Crippen LogP contribution in [0.1, 0.15) is 43.2 Å². The highest BCUT2D eigenvalue weighted by Crippen LogP contribution is 2.38. The smallest absolute Gasteiger partial charge is 0.317 e. The van der Waals surface area contributed by atoms with Crippen molar-refractivity contribution in [1.29, 1.82) is 0 Å². The molecule has 1 N–H and O–H groups in total. The van der Waals surface area contributed by atoms with Crippen LogP contribution in [-0.2, 0) is 22.5 Å². The van der Waals surface area contributed by atoms with Crippen LogP contribution < -0.4 is 5.32 Å². The molecule has 2 aromatic carbocycles. The summed E-state index contributed by atoms with van der Waals surface area (Å²) in [5.41, 5.74) is 2.42.